The summed E-state index contributed by atoms with van der Waals surface area (Å²) >= 11 is 3.39. The van der Waals surface area contributed by atoms with Crippen LogP contribution in [0.5, 0.6) is 0 Å². The molecule has 0 spiro atoms. The maximum atomic E-state index is 12.2. The SMILES string of the molecule is CSCc1nc(CNC(=O)c2cccc(CN(C)C)c2)cs1. The van der Waals surface area contributed by atoms with E-state index in [4.69, 9.17) is 0 Å². The van der Waals surface area contributed by atoms with Crippen molar-refractivity contribution >= 4 is 29.0 Å². The van der Waals surface area contributed by atoms with E-state index in [0.717, 1.165) is 28.6 Å². The van der Waals surface area contributed by atoms with Gasteiger partial charge in [-0.2, -0.15) is 11.8 Å². The van der Waals surface area contributed by atoms with Crippen molar-refractivity contribution in [3.63, 3.8) is 0 Å². The van der Waals surface area contributed by atoms with Crippen molar-refractivity contribution in [2.75, 3.05) is 20.4 Å². The molecular weight excluding hydrogens is 314 g/mol. The van der Waals surface area contributed by atoms with Crippen molar-refractivity contribution in [2.45, 2.75) is 18.8 Å². The topological polar surface area (TPSA) is 45.2 Å². The van der Waals surface area contributed by atoms with Gasteiger partial charge in [0.1, 0.15) is 5.01 Å². The molecule has 0 saturated carbocycles. The first kappa shape index (κ1) is 17.0. The van der Waals surface area contributed by atoms with Crippen LogP contribution in [0.4, 0.5) is 0 Å². The second kappa shape index (κ2) is 8.31. The largest absolute Gasteiger partial charge is 0.346 e. The highest BCUT2D eigenvalue weighted by Crippen LogP contribution is 2.15. The first-order valence-electron chi connectivity index (χ1n) is 7.02. The van der Waals surface area contributed by atoms with Crippen molar-refractivity contribution in [2.24, 2.45) is 0 Å². The van der Waals surface area contributed by atoms with Crippen LogP contribution in [-0.4, -0.2) is 36.1 Å². The lowest BCUT2D eigenvalue weighted by Gasteiger charge is -2.10. The summed E-state index contributed by atoms with van der Waals surface area (Å²) in [7, 11) is 4.03. The van der Waals surface area contributed by atoms with E-state index in [-0.39, 0.29) is 5.91 Å². The highest BCUT2D eigenvalue weighted by Gasteiger charge is 2.08. The molecule has 0 aliphatic carbocycles. The summed E-state index contributed by atoms with van der Waals surface area (Å²) in [5.41, 5.74) is 2.75. The minimum absolute atomic E-state index is 0.0555. The molecule has 2 rings (SSSR count). The molecule has 0 radical (unpaired) electrons. The summed E-state index contributed by atoms with van der Waals surface area (Å²) in [5.74, 6) is 0.866. The molecule has 0 bridgehead atoms. The van der Waals surface area contributed by atoms with Gasteiger partial charge in [0.05, 0.1) is 12.2 Å². The molecule has 118 valence electrons. The van der Waals surface area contributed by atoms with Crippen molar-refractivity contribution in [3.05, 3.63) is 51.5 Å². The fourth-order valence-corrected chi connectivity index (χ4v) is 3.58. The quantitative estimate of drug-likeness (QED) is 0.845. The number of hydrogen-bond acceptors (Lipinski definition) is 5. The predicted octanol–water partition coefficient (Wildman–Crippen LogP) is 3.00. The Bertz CT molecular complexity index is 625. The van der Waals surface area contributed by atoms with Gasteiger partial charge in [-0.05, 0) is 38.0 Å². The summed E-state index contributed by atoms with van der Waals surface area (Å²) in [6.45, 7) is 1.30. The van der Waals surface area contributed by atoms with Crippen molar-refractivity contribution in [1.82, 2.24) is 15.2 Å². The van der Waals surface area contributed by atoms with Gasteiger partial charge < -0.3 is 10.2 Å². The standard InChI is InChI=1S/C16H21N3OS2/c1-19(2)9-12-5-4-6-13(7-12)16(20)17-8-14-10-22-15(18-14)11-21-3/h4-7,10H,8-9,11H2,1-3H3,(H,17,20). The van der Waals surface area contributed by atoms with Crippen molar-refractivity contribution in [3.8, 4) is 0 Å². The predicted molar refractivity (Wildman–Crippen MR) is 94.3 cm³/mol. The Morgan fingerprint density at radius 1 is 1.41 bits per heavy atom. The van der Waals surface area contributed by atoms with Crippen LogP contribution in [0, 0.1) is 0 Å². The minimum atomic E-state index is -0.0555. The average Bonchev–Trinajstić information content (AvgIpc) is 2.92. The molecule has 0 fully saturated rings. The van der Waals surface area contributed by atoms with E-state index in [1.807, 2.05) is 43.7 Å². The Labute approximate surface area is 139 Å². The van der Waals surface area contributed by atoms with E-state index in [2.05, 4.69) is 21.5 Å². The highest BCUT2D eigenvalue weighted by molar-refractivity contribution is 7.97. The van der Waals surface area contributed by atoms with Crippen LogP contribution in [-0.2, 0) is 18.8 Å². The first-order chi connectivity index (χ1) is 10.6. The Hall–Kier alpha value is -1.37. The molecule has 0 aliphatic rings. The van der Waals surface area contributed by atoms with E-state index in [1.54, 1.807) is 23.1 Å². The number of hydrogen-bond donors (Lipinski definition) is 1. The number of amides is 1. The third kappa shape index (κ3) is 5.12. The van der Waals surface area contributed by atoms with E-state index in [0.29, 0.717) is 12.1 Å². The van der Waals surface area contributed by atoms with E-state index in [1.165, 1.54) is 0 Å². The van der Waals surface area contributed by atoms with Crippen molar-refractivity contribution < 1.29 is 4.79 Å². The molecule has 1 N–H and O–H groups in total. The lowest BCUT2D eigenvalue weighted by molar-refractivity contribution is 0.0950. The zero-order chi connectivity index (χ0) is 15.9. The van der Waals surface area contributed by atoms with Crippen LogP contribution in [0.3, 0.4) is 0 Å². The molecular formula is C16H21N3OS2. The lowest BCUT2D eigenvalue weighted by atomic mass is 10.1. The number of benzene rings is 1. The fourth-order valence-electron chi connectivity index (χ4n) is 2.07. The number of thiazole rings is 1. The van der Waals surface area contributed by atoms with Crippen LogP contribution >= 0.6 is 23.1 Å². The number of nitrogens with zero attached hydrogens (tertiary/aromatic N) is 2. The molecule has 1 heterocycles. The summed E-state index contributed by atoms with van der Waals surface area (Å²) in [4.78, 5) is 18.8. The monoisotopic (exact) mass is 335 g/mol. The molecule has 0 unspecified atom stereocenters. The van der Waals surface area contributed by atoms with Gasteiger partial charge in [0, 0.05) is 23.2 Å². The normalized spacial score (nSPS) is 10.9. The zero-order valence-electron chi connectivity index (χ0n) is 13.1. The minimum Gasteiger partial charge on any atom is -0.346 e. The van der Waals surface area contributed by atoms with Crippen LogP contribution < -0.4 is 5.32 Å². The van der Waals surface area contributed by atoms with Gasteiger partial charge in [-0.15, -0.1) is 11.3 Å². The van der Waals surface area contributed by atoms with Gasteiger partial charge in [-0.3, -0.25) is 4.79 Å². The van der Waals surface area contributed by atoms with Crippen LogP contribution in [0.2, 0.25) is 0 Å². The second-order valence-electron chi connectivity index (χ2n) is 5.29. The zero-order valence-corrected chi connectivity index (χ0v) is 14.8. The number of thioether (sulfide) groups is 1. The summed E-state index contributed by atoms with van der Waals surface area (Å²) in [6, 6.07) is 7.74. The molecule has 0 aliphatic heterocycles. The van der Waals surface area contributed by atoms with E-state index >= 15 is 0 Å². The molecule has 0 atom stereocenters. The molecule has 2 aromatic rings. The lowest BCUT2D eigenvalue weighted by Crippen LogP contribution is -2.23. The van der Waals surface area contributed by atoms with Gasteiger partial charge in [-0.25, -0.2) is 4.98 Å². The number of carbonyl (C=O) groups is 1. The Balaban J connectivity index is 1.93. The molecule has 22 heavy (non-hydrogen) atoms. The summed E-state index contributed by atoms with van der Waals surface area (Å²) < 4.78 is 0. The number of rotatable bonds is 7. The Morgan fingerprint density at radius 2 is 2.23 bits per heavy atom. The molecule has 4 nitrogen and oxygen atoms in total. The van der Waals surface area contributed by atoms with Crippen LogP contribution in [0.1, 0.15) is 26.6 Å². The van der Waals surface area contributed by atoms with Gasteiger partial charge in [0.25, 0.3) is 5.91 Å². The number of aromatic nitrogens is 1. The molecule has 0 saturated heterocycles. The fraction of sp³-hybridized carbons (Fsp3) is 0.375. The van der Waals surface area contributed by atoms with Gasteiger partial charge >= 0.3 is 0 Å². The molecule has 1 aromatic carbocycles. The van der Waals surface area contributed by atoms with Crippen LogP contribution in [0.25, 0.3) is 0 Å². The van der Waals surface area contributed by atoms with E-state index < -0.39 is 0 Å². The van der Waals surface area contributed by atoms with Crippen molar-refractivity contribution in [1.29, 1.82) is 0 Å². The number of carbonyl (C=O) groups excluding carboxylic acids is 1. The smallest absolute Gasteiger partial charge is 0.251 e. The Morgan fingerprint density at radius 3 is 2.95 bits per heavy atom. The highest BCUT2D eigenvalue weighted by atomic mass is 32.2. The Kier molecular flexibility index (Phi) is 6.42. The maximum Gasteiger partial charge on any atom is 0.251 e. The molecule has 1 amide bonds. The van der Waals surface area contributed by atoms with Crippen LogP contribution in [0.15, 0.2) is 29.6 Å². The second-order valence-corrected chi connectivity index (χ2v) is 7.10. The molecule has 6 heteroatoms. The van der Waals surface area contributed by atoms with Gasteiger partial charge in [0.2, 0.25) is 0 Å². The average molecular weight is 335 g/mol. The molecule has 1 aromatic heterocycles. The van der Waals surface area contributed by atoms with Gasteiger partial charge in [0.15, 0.2) is 0 Å². The third-order valence-corrected chi connectivity index (χ3v) is 4.63. The maximum absolute atomic E-state index is 12.2. The summed E-state index contributed by atoms with van der Waals surface area (Å²) in [6.07, 6.45) is 2.06. The number of nitrogens with one attached hydrogen (secondary N) is 1. The first-order valence-corrected chi connectivity index (χ1v) is 9.30. The van der Waals surface area contributed by atoms with Gasteiger partial charge in [-0.1, -0.05) is 12.1 Å². The third-order valence-electron chi connectivity index (χ3n) is 2.99. The summed E-state index contributed by atoms with van der Waals surface area (Å²) in [5, 5.41) is 6.05. The van der Waals surface area contributed by atoms with E-state index in [9.17, 15) is 4.79 Å².